The molecule has 13 heavy (non-hydrogen) atoms. The van der Waals surface area contributed by atoms with Gasteiger partial charge in [-0.25, -0.2) is 4.98 Å². The fourth-order valence-corrected chi connectivity index (χ4v) is 1.10. The zero-order valence-corrected chi connectivity index (χ0v) is 8.12. The summed E-state index contributed by atoms with van der Waals surface area (Å²) in [6, 6.07) is 7.51. The normalized spacial score (nSPS) is 9.31. The number of halogens is 1. The second kappa shape index (κ2) is 4.68. The van der Waals surface area contributed by atoms with Gasteiger partial charge in [-0.3, -0.25) is 0 Å². The largest absolute Gasteiger partial charge is 0.359 e. The van der Waals surface area contributed by atoms with Gasteiger partial charge in [-0.2, -0.15) is 5.26 Å². The van der Waals surface area contributed by atoms with Gasteiger partial charge in [-0.1, -0.05) is 17.7 Å². The number of nitrogens with zero attached hydrogens (tertiary/aromatic N) is 3. The first-order valence-corrected chi connectivity index (χ1v) is 4.32. The molecule has 0 aliphatic carbocycles. The summed E-state index contributed by atoms with van der Waals surface area (Å²) in [6.07, 6.45) is 0.491. The predicted octanol–water partition coefficient (Wildman–Crippen LogP) is 2.08. The average molecular weight is 196 g/mol. The molecule has 0 bridgehead atoms. The maximum Gasteiger partial charge on any atom is 0.131 e. The van der Waals surface area contributed by atoms with Gasteiger partial charge in [0.1, 0.15) is 11.0 Å². The molecule has 0 aliphatic rings. The molecule has 3 nitrogen and oxygen atoms in total. The van der Waals surface area contributed by atoms with Crippen molar-refractivity contribution in [2.75, 3.05) is 18.5 Å². The van der Waals surface area contributed by atoms with Crippen LogP contribution in [0.3, 0.4) is 0 Å². The summed E-state index contributed by atoms with van der Waals surface area (Å²) in [5.74, 6) is 0.794. The Hall–Kier alpha value is -1.27. The minimum absolute atomic E-state index is 0.473. The molecule has 0 amide bonds. The maximum absolute atomic E-state index is 8.39. The molecular weight excluding hydrogens is 186 g/mol. The van der Waals surface area contributed by atoms with Gasteiger partial charge in [0, 0.05) is 13.6 Å². The van der Waals surface area contributed by atoms with Crippen LogP contribution in [0.15, 0.2) is 18.2 Å². The Morgan fingerprint density at radius 2 is 2.38 bits per heavy atom. The topological polar surface area (TPSA) is 39.9 Å². The molecule has 0 fully saturated rings. The van der Waals surface area contributed by atoms with Gasteiger partial charge in [0.25, 0.3) is 0 Å². The predicted molar refractivity (Wildman–Crippen MR) is 52.7 cm³/mol. The first kappa shape index (κ1) is 9.82. The maximum atomic E-state index is 8.39. The van der Waals surface area contributed by atoms with Crippen LogP contribution in [0.1, 0.15) is 6.42 Å². The minimum atomic E-state index is 0.473. The third-order valence-electron chi connectivity index (χ3n) is 1.65. The molecule has 0 spiro atoms. The summed E-state index contributed by atoms with van der Waals surface area (Å²) < 4.78 is 0. The molecule has 1 heterocycles. The van der Waals surface area contributed by atoms with Crippen LogP contribution in [0.2, 0.25) is 5.15 Å². The van der Waals surface area contributed by atoms with Crippen LogP contribution in [0.25, 0.3) is 0 Å². The van der Waals surface area contributed by atoms with Crippen LogP contribution < -0.4 is 4.90 Å². The molecule has 0 radical (unpaired) electrons. The zero-order valence-electron chi connectivity index (χ0n) is 7.37. The Morgan fingerprint density at radius 1 is 1.62 bits per heavy atom. The van der Waals surface area contributed by atoms with E-state index in [-0.39, 0.29) is 0 Å². The van der Waals surface area contributed by atoms with Gasteiger partial charge in [-0.05, 0) is 12.1 Å². The lowest BCUT2D eigenvalue weighted by molar-refractivity contribution is 0.885. The van der Waals surface area contributed by atoms with Crippen molar-refractivity contribution in [3.63, 3.8) is 0 Å². The highest BCUT2D eigenvalue weighted by molar-refractivity contribution is 6.29. The van der Waals surface area contributed by atoms with Crippen molar-refractivity contribution in [2.45, 2.75) is 6.42 Å². The molecule has 0 saturated carbocycles. The van der Waals surface area contributed by atoms with E-state index >= 15 is 0 Å². The van der Waals surface area contributed by atoms with Crippen LogP contribution in [0, 0.1) is 11.3 Å². The number of hydrogen-bond donors (Lipinski definition) is 0. The SMILES string of the molecule is CN(CCC#N)c1cccc(Cl)n1. The molecule has 1 aromatic rings. The summed E-state index contributed by atoms with van der Waals surface area (Å²) in [7, 11) is 1.88. The number of nitriles is 1. The Labute approximate surface area is 82.6 Å². The van der Waals surface area contributed by atoms with Crippen LogP contribution in [-0.2, 0) is 0 Å². The standard InChI is InChI=1S/C9H10ClN3/c1-13(7-3-6-11)9-5-2-4-8(10)12-9/h2,4-5H,3,7H2,1H3. The van der Waals surface area contributed by atoms with E-state index < -0.39 is 0 Å². The van der Waals surface area contributed by atoms with E-state index in [1.54, 1.807) is 6.07 Å². The molecule has 0 saturated heterocycles. The second-order valence-electron chi connectivity index (χ2n) is 2.65. The number of anilines is 1. The van der Waals surface area contributed by atoms with Crippen molar-refractivity contribution in [3.05, 3.63) is 23.4 Å². The highest BCUT2D eigenvalue weighted by Gasteiger charge is 2.01. The van der Waals surface area contributed by atoms with Crippen LogP contribution in [-0.4, -0.2) is 18.6 Å². The molecule has 0 aromatic carbocycles. The first-order chi connectivity index (χ1) is 6.24. The summed E-state index contributed by atoms with van der Waals surface area (Å²) in [6.45, 7) is 0.670. The van der Waals surface area contributed by atoms with E-state index in [0.29, 0.717) is 18.1 Å². The van der Waals surface area contributed by atoms with Crippen LogP contribution >= 0.6 is 11.6 Å². The fourth-order valence-electron chi connectivity index (χ4n) is 0.942. The van der Waals surface area contributed by atoms with E-state index in [1.807, 2.05) is 24.1 Å². The summed E-state index contributed by atoms with van der Waals surface area (Å²) >= 11 is 5.72. The number of aromatic nitrogens is 1. The highest BCUT2D eigenvalue weighted by atomic mass is 35.5. The van der Waals surface area contributed by atoms with Gasteiger partial charge in [0.15, 0.2) is 0 Å². The molecule has 68 valence electrons. The van der Waals surface area contributed by atoms with Crippen molar-refractivity contribution in [3.8, 4) is 6.07 Å². The first-order valence-electron chi connectivity index (χ1n) is 3.94. The lowest BCUT2D eigenvalue weighted by Gasteiger charge is -2.15. The van der Waals surface area contributed by atoms with Crippen molar-refractivity contribution in [2.24, 2.45) is 0 Å². The smallest absolute Gasteiger partial charge is 0.131 e. The lowest BCUT2D eigenvalue weighted by atomic mass is 10.4. The van der Waals surface area contributed by atoms with E-state index in [9.17, 15) is 0 Å². The summed E-state index contributed by atoms with van der Waals surface area (Å²) in [4.78, 5) is 6.01. The third-order valence-corrected chi connectivity index (χ3v) is 1.86. The number of rotatable bonds is 3. The number of pyridine rings is 1. The molecular formula is C9H10ClN3. The summed E-state index contributed by atoms with van der Waals surface area (Å²) in [5.41, 5.74) is 0. The lowest BCUT2D eigenvalue weighted by Crippen LogP contribution is -2.19. The second-order valence-corrected chi connectivity index (χ2v) is 3.04. The molecule has 1 rings (SSSR count). The van der Waals surface area contributed by atoms with Crippen molar-refractivity contribution < 1.29 is 0 Å². The third kappa shape index (κ3) is 2.92. The van der Waals surface area contributed by atoms with Crippen molar-refractivity contribution in [1.29, 1.82) is 5.26 Å². The quantitative estimate of drug-likeness (QED) is 0.694. The van der Waals surface area contributed by atoms with E-state index in [0.717, 1.165) is 5.82 Å². The average Bonchev–Trinajstić information content (AvgIpc) is 2.14. The molecule has 0 unspecified atom stereocenters. The molecule has 0 atom stereocenters. The van der Waals surface area contributed by atoms with E-state index in [4.69, 9.17) is 16.9 Å². The van der Waals surface area contributed by atoms with Gasteiger partial charge >= 0.3 is 0 Å². The van der Waals surface area contributed by atoms with Crippen molar-refractivity contribution in [1.82, 2.24) is 4.98 Å². The Morgan fingerprint density at radius 3 is 3.00 bits per heavy atom. The van der Waals surface area contributed by atoms with E-state index in [2.05, 4.69) is 11.1 Å². The minimum Gasteiger partial charge on any atom is -0.359 e. The Bertz CT molecular complexity index is 319. The number of hydrogen-bond acceptors (Lipinski definition) is 3. The molecule has 0 N–H and O–H groups in total. The van der Waals surface area contributed by atoms with Gasteiger partial charge in [0.2, 0.25) is 0 Å². The van der Waals surface area contributed by atoms with Gasteiger partial charge in [0.05, 0.1) is 12.5 Å². The van der Waals surface area contributed by atoms with Gasteiger partial charge in [-0.15, -0.1) is 0 Å². The monoisotopic (exact) mass is 195 g/mol. The Balaban J connectivity index is 2.66. The van der Waals surface area contributed by atoms with Crippen LogP contribution in [0.5, 0.6) is 0 Å². The Kier molecular flexibility index (Phi) is 3.53. The fraction of sp³-hybridized carbons (Fsp3) is 0.333. The van der Waals surface area contributed by atoms with Crippen LogP contribution in [0.4, 0.5) is 5.82 Å². The molecule has 0 aliphatic heterocycles. The van der Waals surface area contributed by atoms with Gasteiger partial charge < -0.3 is 4.90 Å². The zero-order chi connectivity index (χ0) is 9.68. The summed E-state index contributed by atoms with van der Waals surface area (Å²) in [5, 5.41) is 8.87. The molecule has 4 heteroatoms. The van der Waals surface area contributed by atoms with E-state index in [1.165, 1.54) is 0 Å². The van der Waals surface area contributed by atoms with Crippen molar-refractivity contribution >= 4 is 17.4 Å². The highest BCUT2D eigenvalue weighted by Crippen LogP contribution is 2.12. The molecule has 1 aromatic heterocycles.